The highest BCUT2D eigenvalue weighted by Crippen LogP contribution is 2.29. The van der Waals surface area contributed by atoms with E-state index in [1.807, 2.05) is 53.4 Å². The minimum Gasteiger partial charge on any atom is -0.497 e. The highest BCUT2D eigenvalue weighted by Gasteiger charge is 2.25. The maximum absolute atomic E-state index is 13.1. The van der Waals surface area contributed by atoms with Gasteiger partial charge in [-0.15, -0.1) is 0 Å². The van der Waals surface area contributed by atoms with Gasteiger partial charge in [0.15, 0.2) is 0 Å². The second-order valence-corrected chi connectivity index (χ2v) is 6.81. The molecule has 7 nitrogen and oxygen atoms in total. The Morgan fingerprint density at radius 1 is 0.862 bits per heavy atom. The average Bonchev–Trinajstić information content (AvgIpc) is 3.29. The van der Waals surface area contributed by atoms with Crippen LogP contribution in [0.5, 0.6) is 11.5 Å². The van der Waals surface area contributed by atoms with E-state index in [1.165, 1.54) is 0 Å². The third-order valence-corrected chi connectivity index (χ3v) is 5.13. The van der Waals surface area contributed by atoms with Crippen molar-refractivity contribution in [2.24, 2.45) is 0 Å². The van der Waals surface area contributed by atoms with Crippen molar-refractivity contribution in [1.29, 1.82) is 0 Å². The van der Waals surface area contributed by atoms with Gasteiger partial charge in [0.05, 0.1) is 26.1 Å². The molecule has 0 radical (unpaired) electrons. The van der Waals surface area contributed by atoms with Crippen LogP contribution in [0.15, 0.2) is 60.8 Å². The van der Waals surface area contributed by atoms with Gasteiger partial charge in [0.1, 0.15) is 17.2 Å². The molecule has 1 fully saturated rings. The molecule has 1 saturated heterocycles. The van der Waals surface area contributed by atoms with Crippen LogP contribution in [0.1, 0.15) is 10.5 Å². The molecule has 1 aliphatic rings. The highest BCUT2D eigenvalue weighted by atomic mass is 16.5. The number of methoxy groups -OCH3 is 2. The first kappa shape index (κ1) is 18.9. The van der Waals surface area contributed by atoms with Crippen LogP contribution in [0.2, 0.25) is 0 Å². The third-order valence-electron chi connectivity index (χ3n) is 5.13. The second-order valence-electron chi connectivity index (χ2n) is 6.81. The van der Waals surface area contributed by atoms with Gasteiger partial charge < -0.3 is 19.3 Å². The summed E-state index contributed by atoms with van der Waals surface area (Å²) in [5, 5.41) is 4.33. The zero-order chi connectivity index (χ0) is 20.2. The van der Waals surface area contributed by atoms with E-state index >= 15 is 0 Å². The SMILES string of the molecule is COc1cc(OC)cc(N2CCN(C(=O)c3ccnn3-c3ccccc3)CC2)c1. The monoisotopic (exact) mass is 392 g/mol. The number of benzene rings is 2. The molecule has 0 bridgehead atoms. The van der Waals surface area contributed by atoms with E-state index in [4.69, 9.17) is 9.47 Å². The topological polar surface area (TPSA) is 59.8 Å². The van der Waals surface area contributed by atoms with Crippen molar-refractivity contribution in [3.63, 3.8) is 0 Å². The largest absolute Gasteiger partial charge is 0.497 e. The van der Waals surface area contributed by atoms with Gasteiger partial charge in [0, 0.05) is 50.1 Å². The number of para-hydroxylation sites is 1. The molecule has 0 atom stereocenters. The summed E-state index contributed by atoms with van der Waals surface area (Å²) in [6.45, 7) is 2.75. The van der Waals surface area contributed by atoms with Crippen LogP contribution < -0.4 is 14.4 Å². The lowest BCUT2D eigenvalue weighted by Crippen LogP contribution is -2.49. The Morgan fingerprint density at radius 2 is 1.52 bits per heavy atom. The van der Waals surface area contributed by atoms with E-state index in [1.54, 1.807) is 31.2 Å². The molecule has 0 spiro atoms. The summed E-state index contributed by atoms with van der Waals surface area (Å²) in [4.78, 5) is 17.2. The summed E-state index contributed by atoms with van der Waals surface area (Å²) in [6, 6.07) is 17.3. The summed E-state index contributed by atoms with van der Waals surface area (Å²) in [7, 11) is 3.29. The van der Waals surface area contributed by atoms with Crippen molar-refractivity contribution in [3.05, 3.63) is 66.5 Å². The molecule has 0 aliphatic carbocycles. The van der Waals surface area contributed by atoms with Crippen LogP contribution in [0.3, 0.4) is 0 Å². The molecule has 4 rings (SSSR count). The number of carbonyl (C=O) groups is 1. The van der Waals surface area contributed by atoms with Crippen LogP contribution >= 0.6 is 0 Å². The Labute approximate surface area is 170 Å². The fraction of sp³-hybridized carbons (Fsp3) is 0.273. The molecule has 2 aromatic carbocycles. The number of ether oxygens (including phenoxy) is 2. The molecule has 1 aliphatic heterocycles. The standard InChI is InChI=1S/C22H24N4O3/c1-28-19-14-18(15-20(16-19)29-2)24-10-12-25(13-11-24)22(27)21-8-9-23-26(21)17-6-4-3-5-7-17/h3-9,14-16H,10-13H2,1-2H3. The second kappa shape index (κ2) is 8.26. The Kier molecular flexibility index (Phi) is 5.37. The molecule has 1 aromatic heterocycles. The molecule has 2 heterocycles. The van der Waals surface area contributed by atoms with Crippen LogP contribution in [-0.4, -0.2) is 61.0 Å². The summed E-state index contributed by atoms with van der Waals surface area (Å²) < 4.78 is 12.4. The predicted octanol–water partition coefficient (Wildman–Crippen LogP) is 2.85. The van der Waals surface area contributed by atoms with Gasteiger partial charge in [-0.25, -0.2) is 4.68 Å². The highest BCUT2D eigenvalue weighted by molar-refractivity contribution is 5.93. The van der Waals surface area contributed by atoms with E-state index in [9.17, 15) is 4.79 Å². The normalized spacial score (nSPS) is 14.0. The molecule has 1 amide bonds. The number of carbonyl (C=O) groups excluding carboxylic acids is 1. The molecule has 0 unspecified atom stereocenters. The number of aromatic nitrogens is 2. The number of amides is 1. The average molecular weight is 392 g/mol. The first-order valence-electron chi connectivity index (χ1n) is 9.56. The number of anilines is 1. The molecule has 3 aromatic rings. The van der Waals surface area contributed by atoms with E-state index < -0.39 is 0 Å². The van der Waals surface area contributed by atoms with Crippen molar-refractivity contribution >= 4 is 11.6 Å². The zero-order valence-corrected chi connectivity index (χ0v) is 16.6. The predicted molar refractivity (Wildman–Crippen MR) is 111 cm³/mol. The summed E-state index contributed by atoms with van der Waals surface area (Å²) in [6.07, 6.45) is 1.67. The smallest absolute Gasteiger partial charge is 0.272 e. The first-order chi connectivity index (χ1) is 14.2. The fourth-order valence-corrected chi connectivity index (χ4v) is 3.54. The molecule has 150 valence electrons. The van der Waals surface area contributed by atoms with Gasteiger partial charge in [-0.2, -0.15) is 5.10 Å². The van der Waals surface area contributed by atoms with Crippen molar-refractivity contribution < 1.29 is 14.3 Å². The van der Waals surface area contributed by atoms with Gasteiger partial charge in [0.2, 0.25) is 0 Å². The zero-order valence-electron chi connectivity index (χ0n) is 16.6. The number of hydrogen-bond donors (Lipinski definition) is 0. The Hall–Kier alpha value is -3.48. The Balaban J connectivity index is 1.47. The van der Waals surface area contributed by atoms with Gasteiger partial charge in [-0.05, 0) is 18.2 Å². The van der Waals surface area contributed by atoms with Crippen molar-refractivity contribution in [2.45, 2.75) is 0 Å². The van der Waals surface area contributed by atoms with Crippen molar-refractivity contribution in [1.82, 2.24) is 14.7 Å². The summed E-state index contributed by atoms with van der Waals surface area (Å²) in [5.41, 5.74) is 2.48. The van der Waals surface area contributed by atoms with Crippen LogP contribution in [0.4, 0.5) is 5.69 Å². The maximum atomic E-state index is 13.1. The van der Waals surface area contributed by atoms with Crippen molar-refractivity contribution in [2.75, 3.05) is 45.3 Å². The lowest BCUT2D eigenvalue weighted by molar-refractivity contribution is 0.0737. The minimum atomic E-state index is -0.00535. The lowest BCUT2D eigenvalue weighted by atomic mass is 10.2. The van der Waals surface area contributed by atoms with Gasteiger partial charge in [-0.3, -0.25) is 4.79 Å². The van der Waals surface area contributed by atoms with Crippen LogP contribution in [0, 0.1) is 0 Å². The number of nitrogens with zero attached hydrogens (tertiary/aromatic N) is 4. The van der Waals surface area contributed by atoms with E-state index in [0.717, 1.165) is 36.0 Å². The fourth-order valence-electron chi connectivity index (χ4n) is 3.54. The van der Waals surface area contributed by atoms with E-state index in [-0.39, 0.29) is 5.91 Å². The summed E-state index contributed by atoms with van der Waals surface area (Å²) in [5.74, 6) is 1.50. The minimum absolute atomic E-state index is 0.00535. The van der Waals surface area contributed by atoms with Crippen molar-refractivity contribution in [3.8, 4) is 17.2 Å². The molecule has 0 N–H and O–H groups in total. The third kappa shape index (κ3) is 3.89. The van der Waals surface area contributed by atoms with Gasteiger partial charge in [0.25, 0.3) is 5.91 Å². The maximum Gasteiger partial charge on any atom is 0.272 e. The Morgan fingerprint density at radius 3 is 2.14 bits per heavy atom. The van der Waals surface area contributed by atoms with E-state index in [0.29, 0.717) is 18.8 Å². The van der Waals surface area contributed by atoms with Gasteiger partial charge in [-0.1, -0.05) is 18.2 Å². The lowest BCUT2D eigenvalue weighted by Gasteiger charge is -2.36. The number of piperazine rings is 1. The summed E-state index contributed by atoms with van der Waals surface area (Å²) >= 11 is 0. The van der Waals surface area contributed by atoms with Crippen LogP contribution in [0.25, 0.3) is 5.69 Å². The molecule has 7 heteroatoms. The molecular formula is C22H24N4O3. The molecule has 0 saturated carbocycles. The van der Waals surface area contributed by atoms with Crippen LogP contribution in [-0.2, 0) is 0 Å². The van der Waals surface area contributed by atoms with E-state index in [2.05, 4.69) is 10.00 Å². The Bertz CT molecular complexity index is 956. The number of hydrogen-bond acceptors (Lipinski definition) is 5. The molecular weight excluding hydrogens is 368 g/mol. The molecule has 29 heavy (non-hydrogen) atoms. The quantitative estimate of drug-likeness (QED) is 0.668. The first-order valence-corrected chi connectivity index (χ1v) is 9.56. The number of rotatable bonds is 5. The van der Waals surface area contributed by atoms with Gasteiger partial charge >= 0.3 is 0 Å².